The Kier molecular flexibility index (Phi) is 5.28. The molecule has 5 heteroatoms. The number of hydrogen-bond acceptors (Lipinski definition) is 2. The van der Waals surface area contributed by atoms with Crippen molar-refractivity contribution in [1.82, 2.24) is 10.2 Å². The fourth-order valence-corrected chi connectivity index (χ4v) is 2.83. The van der Waals surface area contributed by atoms with Gasteiger partial charge in [0.15, 0.2) is 11.6 Å². The van der Waals surface area contributed by atoms with Gasteiger partial charge in [0, 0.05) is 25.1 Å². The van der Waals surface area contributed by atoms with Crippen molar-refractivity contribution in [3.05, 3.63) is 35.4 Å². The van der Waals surface area contributed by atoms with Crippen LogP contribution in [0.4, 0.5) is 8.78 Å². The fourth-order valence-electron chi connectivity index (χ4n) is 2.83. The van der Waals surface area contributed by atoms with Gasteiger partial charge in [-0.2, -0.15) is 0 Å². The Bertz CT molecular complexity index is 507. The van der Waals surface area contributed by atoms with Crippen molar-refractivity contribution in [3.63, 3.8) is 0 Å². The van der Waals surface area contributed by atoms with Gasteiger partial charge in [0.25, 0.3) is 0 Å². The van der Waals surface area contributed by atoms with Crippen LogP contribution in [-0.2, 0) is 4.79 Å². The number of carbonyl (C=O) groups is 1. The Labute approximate surface area is 124 Å². The first-order valence-electron chi connectivity index (χ1n) is 7.51. The highest BCUT2D eigenvalue weighted by Gasteiger charge is 2.31. The van der Waals surface area contributed by atoms with Gasteiger partial charge in [0.1, 0.15) is 0 Å². The van der Waals surface area contributed by atoms with Crippen molar-refractivity contribution in [3.8, 4) is 0 Å². The van der Waals surface area contributed by atoms with Crippen molar-refractivity contribution in [1.29, 1.82) is 0 Å². The highest BCUT2D eigenvalue weighted by Crippen LogP contribution is 2.25. The number of likely N-dealkylation sites (tertiary alicyclic amines) is 1. The number of halogens is 2. The van der Waals surface area contributed by atoms with Crippen LogP contribution in [0.15, 0.2) is 18.2 Å². The van der Waals surface area contributed by atoms with Gasteiger partial charge in [-0.25, -0.2) is 8.78 Å². The minimum atomic E-state index is -0.852. The highest BCUT2D eigenvalue weighted by atomic mass is 19.2. The monoisotopic (exact) mass is 296 g/mol. The second-order valence-electron chi connectivity index (χ2n) is 5.53. The van der Waals surface area contributed by atoms with Gasteiger partial charge in [0.2, 0.25) is 5.91 Å². The molecule has 1 aromatic rings. The van der Waals surface area contributed by atoms with Gasteiger partial charge < -0.3 is 10.2 Å². The molecule has 1 aromatic carbocycles. The Balaban J connectivity index is 2.16. The van der Waals surface area contributed by atoms with Crippen molar-refractivity contribution >= 4 is 5.91 Å². The van der Waals surface area contributed by atoms with Gasteiger partial charge >= 0.3 is 0 Å². The van der Waals surface area contributed by atoms with Gasteiger partial charge in [-0.3, -0.25) is 4.79 Å². The highest BCUT2D eigenvalue weighted by molar-refractivity contribution is 5.78. The molecule has 21 heavy (non-hydrogen) atoms. The largest absolute Gasteiger partial charge is 0.340 e. The lowest BCUT2D eigenvalue weighted by Crippen LogP contribution is -2.36. The number of hydrogen-bond donors (Lipinski definition) is 1. The molecule has 116 valence electrons. The van der Waals surface area contributed by atoms with Crippen LogP contribution in [-0.4, -0.2) is 30.4 Å². The topological polar surface area (TPSA) is 32.3 Å². The lowest BCUT2D eigenvalue weighted by molar-refractivity contribution is -0.128. The number of nitrogens with zero attached hydrogens (tertiary/aromatic N) is 1. The molecular formula is C16H22F2N2O. The van der Waals surface area contributed by atoms with Crippen molar-refractivity contribution in [2.24, 2.45) is 5.92 Å². The third-order valence-corrected chi connectivity index (χ3v) is 4.08. The number of benzene rings is 1. The Morgan fingerprint density at radius 3 is 2.76 bits per heavy atom. The molecule has 3 nitrogen and oxygen atoms in total. The minimum absolute atomic E-state index is 0.0987. The Morgan fingerprint density at radius 2 is 2.14 bits per heavy atom. The molecule has 0 aromatic heterocycles. The summed E-state index contributed by atoms with van der Waals surface area (Å²) < 4.78 is 27.4. The minimum Gasteiger partial charge on any atom is -0.340 e. The SMILES string of the molecule is CCNC(CN1CC(CC)CC1=O)c1cccc(F)c1F. The zero-order valence-electron chi connectivity index (χ0n) is 12.5. The quantitative estimate of drug-likeness (QED) is 0.875. The van der Waals surface area contributed by atoms with Gasteiger partial charge in [-0.05, 0) is 18.5 Å². The van der Waals surface area contributed by atoms with Crippen LogP contribution < -0.4 is 5.32 Å². The molecule has 1 fully saturated rings. The molecule has 0 spiro atoms. The average Bonchev–Trinajstić information content (AvgIpc) is 2.82. The normalized spacial score (nSPS) is 20.1. The summed E-state index contributed by atoms with van der Waals surface area (Å²) in [6.07, 6.45) is 1.52. The van der Waals surface area contributed by atoms with E-state index >= 15 is 0 Å². The molecule has 0 saturated carbocycles. The van der Waals surface area contributed by atoms with Crippen LogP contribution in [0, 0.1) is 17.6 Å². The molecule has 0 radical (unpaired) electrons. The molecule has 1 amide bonds. The summed E-state index contributed by atoms with van der Waals surface area (Å²) in [5, 5.41) is 3.15. The lowest BCUT2D eigenvalue weighted by atomic mass is 10.0. The standard InChI is InChI=1S/C16H22F2N2O/c1-3-11-8-15(21)20(9-11)10-14(19-4-2)12-6-5-7-13(17)16(12)18/h5-7,11,14,19H,3-4,8-10H2,1-2H3. The van der Waals surface area contributed by atoms with Crippen molar-refractivity contribution in [2.75, 3.05) is 19.6 Å². The summed E-state index contributed by atoms with van der Waals surface area (Å²) in [6.45, 7) is 5.68. The second kappa shape index (κ2) is 6.98. The zero-order chi connectivity index (χ0) is 15.4. The molecule has 2 unspecified atom stereocenters. The smallest absolute Gasteiger partial charge is 0.222 e. The number of carbonyl (C=O) groups excluding carboxylic acids is 1. The molecular weight excluding hydrogens is 274 g/mol. The summed E-state index contributed by atoms with van der Waals surface area (Å²) in [4.78, 5) is 13.8. The first-order valence-corrected chi connectivity index (χ1v) is 7.51. The maximum Gasteiger partial charge on any atom is 0.222 e. The summed E-state index contributed by atoms with van der Waals surface area (Å²) in [7, 11) is 0. The Morgan fingerprint density at radius 1 is 1.38 bits per heavy atom. The third kappa shape index (κ3) is 3.59. The van der Waals surface area contributed by atoms with E-state index in [1.54, 1.807) is 11.0 Å². The summed E-state index contributed by atoms with van der Waals surface area (Å²) in [5.74, 6) is -1.21. The van der Waals surface area contributed by atoms with Crippen LogP contribution in [0.3, 0.4) is 0 Å². The van der Waals surface area contributed by atoms with Crippen LogP contribution >= 0.6 is 0 Å². The van der Waals surface area contributed by atoms with E-state index in [4.69, 9.17) is 0 Å². The second-order valence-corrected chi connectivity index (χ2v) is 5.53. The van der Waals surface area contributed by atoms with E-state index in [-0.39, 0.29) is 17.5 Å². The van der Waals surface area contributed by atoms with Crippen LogP contribution in [0.2, 0.25) is 0 Å². The molecule has 1 N–H and O–H groups in total. The lowest BCUT2D eigenvalue weighted by Gasteiger charge is -2.25. The summed E-state index contributed by atoms with van der Waals surface area (Å²) >= 11 is 0. The molecule has 1 aliphatic rings. The molecule has 2 atom stereocenters. The maximum absolute atomic E-state index is 14.0. The molecule has 1 saturated heterocycles. The van der Waals surface area contributed by atoms with E-state index in [1.165, 1.54) is 6.07 Å². The predicted octanol–water partition coefficient (Wildman–Crippen LogP) is 2.87. The van der Waals surface area contributed by atoms with E-state index in [0.717, 1.165) is 12.5 Å². The first-order chi connectivity index (χ1) is 10.1. The van der Waals surface area contributed by atoms with Crippen molar-refractivity contribution < 1.29 is 13.6 Å². The van der Waals surface area contributed by atoms with E-state index in [0.29, 0.717) is 32.0 Å². The fraction of sp³-hybridized carbons (Fsp3) is 0.562. The first kappa shape index (κ1) is 15.9. The number of nitrogens with one attached hydrogen (secondary N) is 1. The number of likely N-dealkylation sites (N-methyl/N-ethyl adjacent to an activating group) is 1. The molecule has 1 aliphatic heterocycles. The number of rotatable bonds is 6. The predicted molar refractivity (Wildman–Crippen MR) is 77.8 cm³/mol. The van der Waals surface area contributed by atoms with E-state index in [9.17, 15) is 13.6 Å². The van der Waals surface area contributed by atoms with E-state index < -0.39 is 11.6 Å². The van der Waals surface area contributed by atoms with Crippen molar-refractivity contribution in [2.45, 2.75) is 32.7 Å². The maximum atomic E-state index is 14.0. The molecule has 1 heterocycles. The average molecular weight is 296 g/mol. The third-order valence-electron chi connectivity index (χ3n) is 4.08. The molecule has 2 rings (SSSR count). The number of amides is 1. The Hall–Kier alpha value is -1.49. The van der Waals surface area contributed by atoms with Crippen LogP contribution in [0.1, 0.15) is 38.3 Å². The van der Waals surface area contributed by atoms with Crippen LogP contribution in [0.25, 0.3) is 0 Å². The van der Waals surface area contributed by atoms with E-state index in [2.05, 4.69) is 12.2 Å². The molecule has 0 aliphatic carbocycles. The summed E-state index contributed by atoms with van der Waals surface area (Å²) in [6, 6.07) is 3.79. The van der Waals surface area contributed by atoms with Gasteiger partial charge in [0.05, 0.1) is 6.04 Å². The molecule has 0 bridgehead atoms. The van der Waals surface area contributed by atoms with E-state index in [1.807, 2.05) is 6.92 Å². The van der Waals surface area contributed by atoms with Gasteiger partial charge in [-0.15, -0.1) is 0 Å². The summed E-state index contributed by atoms with van der Waals surface area (Å²) in [5.41, 5.74) is 0.282. The van der Waals surface area contributed by atoms with Crippen LogP contribution in [0.5, 0.6) is 0 Å². The zero-order valence-corrected chi connectivity index (χ0v) is 12.5. The van der Waals surface area contributed by atoms with Gasteiger partial charge in [-0.1, -0.05) is 32.4 Å².